The second-order valence-corrected chi connectivity index (χ2v) is 7.21. The lowest BCUT2D eigenvalue weighted by atomic mass is 10.2. The van der Waals surface area contributed by atoms with Gasteiger partial charge in [-0.05, 0) is 32.0 Å². The molecule has 172 valence electrons. The van der Waals surface area contributed by atoms with Crippen LogP contribution in [0.4, 0.5) is 19.0 Å². The monoisotopic (exact) mass is 450 g/mol. The van der Waals surface area contributed by atoms with Gasteiger partial charge in [0.05, 0.1) is 43.1 Å². The molecule has 3 aromatic rings. The summed E-state index contributed by atoms with van der Waals surface area (Å²) in [7, 11) is 3.18. The molecule has 0 bridgehead atoms. The minimum atomic E-state index is -4.43. The maximum atomic E-state index is 13.0. The quantitative estimate of drug-likeness (QED) is 0.503. The largest absolute Gasteiger partial charge is 0.493 e. The Balaban J connectivity index is 1.88. The van der Waals surface area contributed by atoms with E-state index in [1.165, 1.54) is 0 Å². The first kappa shape index (κ1) is 23.5. The third-order valence-electron chi connectivity index (χ3n) is 4.86. The number of nitrogens with zero attached hydrogens (tertiary/aromatic N) is 3. The van der Waals surface area contributed by atoms with Crippen LogP contribution in [-0.2, 0) is 17.5 Å². The van der Waals surface area contributed by atoms with Gasteiger partial charge in [-0.1, -0.05) is 0 Å². The van der Waals surface area contributed by atoms with Gasteiger partial charge >= 0.3 is 6.18 Å². The number of alkyl halides is 3. The van der Waals surface area contributed by atoms with Crippen molar-refractivity contribution in [2.24, 2.45) is 0 Å². The zero-order valence-corrected chi connectivity index (χ0v) is 18.3. The van der Waals surface area contributed by atoms with Crippen molar-refractivity contribution in [3.8, 4) is 11.5 Å². The lowest BCUT2D eigenvalue weighted by molar-refractivity contribution is -0.137. The zero-order chi connectivity index (χ0) is 23.3. The summed E-state index contributed by atoms with van der Waals surface area (Å²) in [5.41, 5.74) is 0.105. The molecule has 32 heavy (non-hydrogen) atoms. The third kappa shape index (κ3) is 5.76. The normalized spacial score (nSPS) is 12.6. The van der Waals surface area contributed by atoms with Crippen LogP contribution in [0.3, 0.4) is 0 Å². The Morgan fingerprint density at radius 2 is 1.88 bits per heavy atom. The van der Waals surface area contributed by atoms with Gasteiger partial charge in [0.1, 0.15) is 11.6 Å². The fourth-order valence-electron chi connectivity index (χ4n) is 3.04. The second kappa shape index (κ2) is 9.99. The van der Waals surface area contributed by atoms with E-state index < -0.39 is 11.7 Å². The summed E-state index contributed by atoms with van der Waals surface area (Å²) >= 11 is 0. The Hall–Kier alpha value is -3.14. The molecule has 0 amide bonds. The highest BCUT2D eigenvalue weighted by Gasteiger charge is 2.30. The maximum Gasteiger partial charge on any atom is 0.416 e. The number of benzene rings is 1. The highest BCUT2D eigenvalue weighted by molar-refractivity contribution is 5.91. The number of anilines is 1. The van der Waals surface area contributed by atoms with Crippen LogP contribution in [-0.4, -0.2) is 41.9 Å². The van der Waals surface area contributed by atoms with E-state index in [-0.39, 0.29) is 18.3 Å². The van der Waals surface area contributed by atoms with Gasteiger partial charge in [0.15, 0.2) is 11.5 Å². The standard InChI is InChI=1S/C22H25F3N4O3/c1-13(30-3)6-8-32-20-10-17-18(11-19(20)31-4)28-14(2)29-21(17)27-12-16-9-15(5-7-26-16)22(23,24)25/h5,7,9-11,13H,6,8,12H2,1-4H3,(H,27,28,29). The molecule has 0 aliphatic heterocycles. The van der Waals surface area contributed by atoms with Crippen molar-refractivity contribution in [1.29, 1.82) is 0 Å². The molecule has 0 saturated carbocycles. The summed E-state index contributed by atoms with van der Waals surface area (Å²) in [6.07, 6.45) is -2.56. The van der Waals surface area contributed by atoms with Crippen LogP contribution < -0.4 is 14.8 Å². The number of fused-ring (bicyclic) bond motifs is 1. The number of aromatic nitrogens is 3. The van der Waals surface area contributed by atoms with Crippen molar-refractivity contribution < 1.29 is 27.4 Å². The van der Waals surface area contributed by atoms with Crippen molar-refractivity contribution in [3.63, 3.8) is 0 Å². The van der Waals surface area contributed by atoms with Gasteiger partial charge in [0, 0.05) is 31.2 Å². The van der Waals surface area contributed by atoms with Crippen molar-refractivity contribution in [3.05, 3.63) is 47.5 Å². The molecule has 1 unspecified atom stereocenters. The summed E-state index contributed by atoms with van der Waals surface area (Å²) in [5, 5.41) is 3.73. The lowest BCUT2D eigenvalue weighted by Crippen LogP contribution is -2.11. The molecule has 0 saturated heterocycles. The van der Waals surface area contributed by atoms with Crippen LogP contribution >= 0.6 is 0 Å². The molecule has 0 radical (unpaired) electrons. The van der Waals surface area contributed by atoms with Crippen LogP contribution in [0.1, 0.15) is 30.4 Å². The minimum absolute atomic E-state index is 0.0459. The van der Waals surface area contributed by atoms with E-state index in [9.17, 15) is 13.2 Å². The molecule has 7 nitrogen and oxygen atoms in total. The fraction of sp³-hybridized carbons (Fsp3) is 0.409. The van der Waals surface area contributed by atoms with Gasteiger partial charge in [-0.25, -0.2) is 9.97 Å². The number of pyridine rings is 1. The van der Waals surface area contributed by atoms with Gasteiger partial charge in [0.25, 0.3) is 0 Å². The van der Waals surface area contributed by atoms with Gasteiger partial charge in [-0.3, -0.25) is 4.98 Å². The topological polar surface area (TPSA) is 78.4 Å². The highest BCUT2D eigenvalue weighted by Crippen LogP contribution is 2.35. The van der Waals surface area contributed by atoms with Crippen LogP contribution in [0.25, 0.3) is 10.9 Å². The Morgan fingerprint density at radius 1 is 1.09 bits per heavy atom. The fourth-order valence-corrected chi connectivity index (χ4v) is 3.04. The van der Waals surface area contributed by atoms with Gasteiger partial charge in [-0.15, -0.1) is 0 Å². The maximum absolute atomic E-state index is 13.0. The van der Waals surface area contributed by atoms with Gasteiger partial charge < -0.3 is 19.5 Å². The van der Waals surface area contributed by atoms with Crippen LogP contribution in [0, 0.1) is 6.92 Å². The van der Waals surface area contributed by atoms with E-state index >= 15 is 0 Å². The molecule has 1 aromatic carbocycles. The number of ether oxygens (including phenoxy) is 3. The molecule has 2 heterocycles. The second-order valence-electron chi connectivity index (χ2n) is 7.21. The van der Waals surface area contributed by atoms with Crippen molar-refractivity contribution >= 4 is 16.7 Å². The predicted octanol–water partition coefficient (Wildman–Crippen LogP) is 4.78. The van der Waals surface area contributed by atoms with Crippen molar-refractivity contribution in [2.45, 2.75) is 39.1 Å². The van der Waals surface area contributed by atoms with E-state index in [2.05, 4.69) is 20.3 Å². The molecule has 0 aliphatic carbocycles. The van der Waals surface area contributed by atoms with Crippen molar-refractivity contribution in [1.82, 2.24) is 15.0 Å². The Morgan fingerprint density at radius 3 is 2.56 bits per heavy atom. The van der Waals surface area contributed by atoms with E-state index in [0.29, 0.717) is 47.1 Å². The summed E-state index contributed by atoms with van der Waals surface area (Å²) in [5.74, 6) is 1.99. The number of methoxy groups -OCH3 is 2. The minimum Gasteiger partial charge on any atom is -0.493 e. The molecule has 0 fully saturated rings. The van der Waals surface area contributed by atoms with E-state index in [1.54, 1.807) is 33.3 Å². The molecular formula is C22H25F3N4O3. The highest BCUT2D eigenvalue weighted by atomic mass is 19.4. The summed E-state index contributed by atoms with van der Waals surface area (Å²) in [6, 6.07) is 5.45. The first-order chi connectivity index (χ1) is 15.2. The van der Waals surface area contributed by atoms with E-state index in [1.807, 2.05) is 6.92 Å². The van der Waals surface area contributed by atoms with E-state index in [4.69, 9.17) is 14.2 Å². The van der Waals surface area contributed by atoms with Crippen LogP contribution in [0.15, 0.2) is 30.5 Å². The Bertz CT molecular complexity index is 1080. The van der Waals surface area contributed by atoms with Gasteiger partial charge in [-0.2, -0.15) is 13.2 Å². The SMILES string of the molecule is COc1cc2nc(C)nc(NCc3cc(C(F)(F)F)ccn3)c2cc1OCCC(C)OC. The average Bonchev–Trinajstić information content (AvgIpc) is 2.76. The molecule has 1 atom stereocenters. The predicted molar refractivity (Wildman–Crippen MR) is 114 cm³/mol. The van der Waals surface area contributed by atoms with Crippen molar-refractivity contribution in [2.75, 3.05) is 26.1 Å². The number of rotatable bonds is 9. The zero-order valence-electron chi connectivity index (χ0n) is 18.3. The lowest BCUT2D eigenvalue weighted by Gasteiger charge is -2.16. The smallest absolute Gasteiger partial charge is 0.416 e. The first-order valence-corrected chi connectivity index (χ1v) is 9.99. The molecule has 2 aromatic heterocycles. The third-order valence-corrected chi connectivity index (χ3v) is 4.86. The number of nitrogens with one attached hydrogen (secondary N) is 1. The average molecular weight is 450 g/mol. The summed E-state index contributed by atoms with van der Waals surface area (Å²) in [6.45, 7) is 4.15. The number of halogens is 3. The molecule has 1 N–H and O–H groups in total. The summed E-state index contributed by atoms with van der Waals surface area (Å²) in [4.78, 5) is 12.9. The number of aryl methyl sites for hydroxylation is 1. The number of hydrogen-bond acceptors (Lipinski definition) is 7. The van der Waals surface area contributed by atoms with E-state index in [0.717, 1.165) is 18.3 Å². The Labute approximate surface area is 184 Å². The van der Waals surface area contributed by atoms with Crippen LogP contribution in [0.5, 0.6) is 11.5 Å². The summed E-state index contributed by atoms with van der Waals surface area (Å²) < 4.78 is 55.5. The molecule has 0 spiro atoms. The number of hydrogen-bond donors (Lipinski definition) is 1. The molecule has 0 aliphatic rings. The van der Waals surface area contributed by atoms with Gasteiger partial charge in [0.2, 0.25) is 0 Å². The first-order valence-electron chi connectivity index (χ1n) is 9.99. The molecule has 10 heteroatoms. The molecule has 3 rings (SSSR count). The molecular weight excluding hydrogens is 425 g/mol. The Kier molecular flexibility index (Phi) is 7.34. The van der Waals surface area contributed by atoms with Crippen LogP contribution in [0.2, 0.25) is 0 Å².